The third kappa shape index (κ3) is 4.35. The van der Waals surface area contributed by atoms with E-state index in [0.29, 0.717) is 31.1 Å². The maximum Gasteiger partial charge on any atom is 0.226 e. The second kappa shape index (κ2) is 7.79. The van der Waals surface area contributed by atoms with Gasteiger partial charge in [-0.1, -0.05) is 41.9 Å². The van der Waals surface area contributed by atoms with E-state index < -0.39 is 0 Å². The van der Waals surface area contributed by atoms with E-state index in [0.717, 1.165) is 35.7 Å². The number of benzene rings is 1. The quantitative estimate of drug-likeness (QED) is 0.791. The second-order valence-electron chi connectivity index (χ2n) is 6.25. The zero-order valence-corrected chi connectivity index (χ0v) is 14.6. The van der Waals surface area contributed by atoms with Crippen LogP contribution in [0.15, 0.2) is 28.8 Å². The first kappa shape index (κ1) is 17.0. The predicted octanol–water partition coefficient (Wildman–Crippen LogP) is 3.67. The van der Waals surface area contributed by atoms with E-state index >= 15 is 0 Å². The van der Waals surface area contributed by atoms with Crippen molar-refractivity contribution in [2.45, 2.75) is 57.4 Å². The van der Waals surface area contributed by atoms with Gasteiger partial charge in [-0.25, -0.2) is 0 Å². The largest absolute Gasteiger partial charge is 0.353 e. The van der Waals surface area contributed by atoms with Crippen molar-refractivity contribution in [3.05, 3.63) is 46.6 Å². The monoisotopic (exact) mass is 347 g/mol. The van der Waals surface area contributed by atoms with Gasteiger partial charge in [-0.2, -0.15) is 4.98 Å². The molecular weight excluding hydrogens is 326 g/mol. The van der Waals surface area contributed by atoms with Crippen LogP contribution in [0.1, 0.15) is 55.8 Å². The number of carbonyl (C=O) groups excluding carboxylic acids is 1. The Bertz CT molecular complexity index is 701. The average molecular weight is 348 g/mol. The summed E-state index contributed by atoms with van der Waals surface area (Å²) in [6.45, 7) is 2.08. The lowest BCUT2D eigenvalue weighted by Crippen LogP contribution is -2.26. The molecule has 1 saturated carbocycles. The zero-order chi connectivity index (χ0) is 16.9. The summed E-state index contributed by atoms with van der Waals surface area (Å²) in [7, 11) is 0. The molecule has 1 fully saturated rings. The van der Waals surface area contributed by atoms with Gasteiger partial charge in [-0.15, -0.1) is 0 Å². The fourth-order valence-corrected chi connectivity index (χ4v) is 3.15. The molecule has 2 atom stereocenters. The number of halogens is 1. The van der Waals surface area contributed by atoms with Gasteiger partial charge in [0.2, 0.25) is 11.8 Å². The van der Waals surface area contributed by atoms with Crippen molar-refractivity contribution in [3.63, 3.8) is 0 Å². The summed E-state index contributed by atoms with van der Waals surface area (Å²) in [5.41, 5.74) is 1.12. The van der Waals surface area contributed by atoms with E-state index in [4.69, 9.17) is 16.1 Å². The molecule has 1 aromatic carbocycles. The molecule has 1 aromatic heterocycles. The van der Waals surface area contributed by atoms with Gasteiger partial charge in [0.1, 0.15) is 0 Å². The molecule has 128 valence electrons. The smallest absolute Gasteiger partial charge is 0.226 e. The SMILES string of the molecule is CCCc1noc(CCCC(=O)N[C@@H]2C[C@@H]2c2ccccc2Cl)n1. The molecule has 5 nitrogen and oxygen atoms in total. The van der Waals surface area contributed by atoms with Gasteiger partial charge in [-0.3, -0.25) is 4.79 Å². The molecule has 24 heavy (non-hydrogen) atoms. The Hall–Kier alpha value is -1.88. The summed E-state index contributed by atoms with van der Waals surface area (Å²) in [5, 5.41) is 7.77. The van der Waals surface area contributed by atoms with Crippen molar-refractivity contribution in [2.24, 2.45) is 0 Å². The second-order valence-corrected chi connectivity index (χ2v) is 6.65. The van der Waals surface area contributed by atoms with Crippen molar-refractivity contribution >= 4 is 17.5 Å². The first-order valence-electron chi connectivity index (χ1n) is 8.52. The molecule has 0 aliphatic heterocycles. The molecular formula is C18H22ClN3O2. The van der Waals surface area contributed by atoms with Crippen LogP contribution in [0.3, 0.4) is 0 Å². The molecule has 1 heterocycles. The highest BCUT2D eigenvalue weighted by atomic mass is 35.5. The molecule has 0 saturated heterocycles. The van der Waals surface area contributed by atoms with Gasteiger partial charge in [0.05, 0.1) is 0 Å². The van der Waals surface area contributed by atoms with Gasteiger partial charge >= 0.3 is 0 Å². The van der Waals surface area contributed by atoms with E-state index in [-0.39, 0.29) is 11.9 Å². The van der Waals surface area contributed by atoms with E-state index in [9.17, 15) is 4.79 Å². The Kier molecular flexibility index (Phi) is 5.51. The maximum atomic E-state index is 12.0. The summed E-state index contributed by atoms with van der Waals surface area (Å²) in [6.07, 6.45) is 4.60. The minimum atomic E-state index is 0.0721. The highest BCUT2D eigenvalue weighted by molar-refractivity contribution is 6.31. The van der Waals surface area contributed by atoms with Gasteiger partial charge in [0.25, 0.3) is 0 Å². The van der Waals surface area contributed by atoms with E-state index in [1.54, 1.807) is 0 Å². The summed E-state index contributed by atoms with van der Waals surface area (Å²) in [6, 6.07) is 8.03. The van der Waals surface area contributed by atoms with Gasteiger partial charge in [0.15, 0.2) is 5.82 Å². The first-order chi connectivity index (χ1) is 11.7. The standard InChI is InChI=1S/C18H22ClN3O2/c1-2-6-16-21-18(24-22-16)10-5-9-17(23)20-15-11-13(15)12-7-3-4-8-14(12)19/h3-4,7-8,13,15H,2,5-6,9-11H2,1H3,(H,20,23)/t13-,15-/m1/s1. The summed E-state index contributed by atoms with van der Waals surface area (Å²) in [5.74, 6) is 1.78. The Labute approximate surface area is 146 Å². The van der Waals surface area contributed by atoms with Crippen LogP contribution < -0.4 is 5.32 Å². The molecule has 3 rings (SSSR count). The molecule has 0 bridgehead atoms. The van der Waals surface area contributed by atoms with Crippen molar-refractivity contribution < 1.29 is 9.32 Å². The highest BCUT2D eigenvalue weighted by Gasteiger charge is 2.40. The Balaban J connectivity index is 1.38. The molecule has 1 aliphatic rings. The number of aromatic nitrogens is 2. The molecule has 1 aliphatic carbocycles. The average Bonchev–Trinajstić information content (AvgIpc) is 3.16. The van der Waals surface area contributed by atoms with Crippen LogP contribution in [0.25, 0.3) is 0 Å². The zero-order valence-electron chi connectivity index (χ0n) is 13.8. The summed E-state index contributed by atoms with van der Waals surface area (Å²) < 4.78 is 5.17. The number of hydrogen-bond donors (Lipinski definition) is 1. The van der Waals surface area contributed by atoms with Crippen LogP contribution >= 0.6 is 11.6 Å². The molecule has 2 aromatic rings. The van der Waals surface area contributed by atoms with E-state index in [1.807, 2.05) is 24.3 Å². The maximum absolute atomic E-state index is 12.0. The third-order valence-electron chi connectivity index (χ3n) is 4.22. The number of rotatable bonds is 8. The molecule has 1 N–H and O–H groups in total. The summed E-state index contributed by atoms with van der Waals surface area (Å²) >= 11 is 6.20. The summed E-state index contributed by atoms with van der Waals surface area (Å²) in [4.78, 5) is 16.3. The van der Waals surface area contributed by atoms with Crippen molar-refractivity contribution in [2.75, 3.05) is 0 Å². The topological polar surface area (TPSA) is 68.0 Å². The van der Waals surface area contributed by atoms with Gasteiger partial charge < -0.3 is 9.84 Å². The molecule has 0 spiro atoms. The van der Waals surface area contributed by atoms with Crippen LogP contribution in [-0.4, -0.2) is 22.1 Å². The lowest BCUT2D eigenvalue weighted by atomic mass is 10.1. The van der Waals surface area contributed by atoms with Crippen LogP contribution in [0, 0.1) is 0 Å². The van der Waals surface area contributed by atoms with E-state index in [1.165, 1.54) is 0 Å². The highest BCUT2D eigenvalue weighted by Crippen LogP contribution is 2.43. The third-order valence-corrected chi connectivity index (χ3v) is 4.56. The number of amides is 1. The minimum absolute atomic E-state index is 0.0721. The molecule has 6 heteroatoms. The Morgan fingerprint density at radius 2 is 2.21 bits per heavy atom. The van der Waals surface area contributed by atoms with E-state index in [2.05, 4.69) is 22.4 Å². The normalized spacial score (nSPS) is 19.2. The van der Waals surface area contributed by atoms with Crippen molar-refractivity contribution in [3.8, 4) is 0 Å². The number of hydrogen-bond acceptors (Lipinski definition) is 4. The predicted molar refractivity (Wildman–Crippen MR) is 92.0 cm³/mol. The molecule has 0 radical (unpaired) electrons. The van der Waals surface area contributed by atoms with Crippen LogP contribution in [-0.2, 0) is 17.6 Å². The fourth-order valence-electron chi connectivity index (χ4n) is 2.87. The molecule has 0 unspecified atom stereocenters. The van der Waals surface area contributed by atoms with Crippen molar-refractivity contribution in [1.82, 2.24) is 15.5 Å². The lowest BCUT2D eigenvalue weighted by molar-refractivity contribution is -0.121. The Morgan fingerprint density at radius 3 is 3.00 bits per heavy atom. The molecule has 1 amide bonds. The van der Waals surface area contributed by atoms with Crippen LogP contribution in [0.5, 0.6) is 0 Å². The fraction of sp³-hybridized carbons (Fsp3) is 0.500. The number of nitrogens with one attached hydrogen (secondary N) is 1. The lowest BCUT2D eigenvalue weighted by Gasteiger charge is -2.05. The van der Waals surface area contributed by atoms with Gasteiger partial charge in [0, 0.05) is 36.2 Å². The minimum Gasteiger partial charge on any atom is -0.353 e. The van der Waals surface area contributed by atoms with Crippen molar-refractivity contribution in [1.29, 1.82) is 0 Å². The number of carbonyl (C=O) groups is 1. The van der Waals surface area contributed by atoms with Crippen LogP contribution in [0.4, 0.5) is 0 Å². The Morgan fingerprint density at radius 1 is 1.38 bits per heavy atom. The number of nitrogens with zero attached hydrogens (tertiary/aromatic N) is 2. The van der Waals surface area contributed by atoms with Gasteiger partial charge in [-0.05, 0) is 30.9 Å². The number of aryl methyl sites for hydroxylation is 2. The van der Waals surface area contributed by atoms with Crippen LogP contribution in [0.2, 0.25) is 5.02 Å². The first-order valence-corrected chi connectivity index (χ1v) is 8.90.